The summed E-state index contributed by atoms with van der Waals surface area (Å²) in [4.78, 5) is 19.1. The maximum Gasteiger partial charge on any atom is 0.221 e. The highest BCUT2D eigenvalue weighted by molar-refractivity contribution is 7.99. The van der Waals surface area contributed by atoms with Gasteiger partial charge in [0, 0.05) is 17.9 Å². The fraction of sp³-hybridized carbons (Fsp3) is 0.250. The first-order valence-corrected chi connectivity index (χ1v) is 10.3. The lowest BCUT2D eigenvalue weighted by Gasteiger charge is -2.20. The Hall–Kier alpha value is -2.35. The van der Waals surface area contributed by atoms with E-state index >= 15 is 0 Å². The van der Waals surface area contributed by atoms with Crippen molar-refractivity contribution in [3.63, 3.8) is 0 Å². The van der Waals surface area contributed by atoms with Gasteiger partial charge in [0.1, 0.15) is 5.03 Å². The van der Waals surface area contributed by atoms with Gasteiger partial charge in [-0.3, -0.25) is 4.79 Å². The summed E-state index contributed by atoms with van der Waals surface area (Å²) in [7, 11) is 0. The van der Waals surface area contributed by atoms with Gasteiger partial charge in [0.25, 0.3) is 0 Å². The number of aromatic nitrogens is 2. The first-order chi connectivity index (χ1) is 13.7. The van der Waals surface area contributed by atoms with E-state index in [2.05, 4.69) is 27.4 Å². The van der Waals surface area contributed by atoms with Crippen molar-refractivity contribution in [3.05, 3.63) is 46.5 Å². The van der Waals surface area contributed by atoms with Crippen LogP contribution in [0.4, 0.5) is 5.95 Å². The Morgan fingerprint density at radius 1 is 1.25 bits per heavy atom. The van der Waals surface area contributed by atoms with Crippen molar-refractivity contribution >= 4 is 46.5 Å². The van der Waals surface area contributed by atoms with Crippen LogP contribution in [0.2, 0.25) is 5.02 Å². The van der Waals surface area contributed by atoms with Gasteiger partial charge >= 0.3 is 0 Å². The second-order valence-corrected chi connectivity index (χ2v) is 7.97. The molecule has 0 fully saturated rings. The Morgan fingerprint density at radius 3 is 2.96 bits per heavy atom. The quantitative estimate of drug-likeness (QED) is 0.264. The second kappa shape index (κ2) is 8.34. The number of nitrogens with two attached hydrogens (primary N) is 1. The van der Waals surface area contributed by atoms with E-state index in [1.807, 2.05) is 18.2 Å². The number of nitrogens with zero attached hydrogens (tertiary/aromatic N) is 2. The van der Waals surface area contributed by atoms with Crippen LogP contribution in [-0.2, 0) is 22.7 Å². The average molecular weight is 415 g/mol. The zero-order valence-electron chi connectivity index (χ0n) is 15.1. The van der Waals surface area contributed by atoms with Gasteiger partial charge in [0.05, 0.1) is 23.9 Å². The Balaban J connectivity index is 1.73. The molecule has 144 valence electrons. The third-order valence-corrected chi connectivity index (χ3v) is 5.87. The Labute approximate surface area is 171 Å². The minimum absolute atomic E-state index is 0.214. The third kappa shape index (κ3) is 3.78. The van der Waals surface area contributed by atoms with Crippen LogP contribution in [0.3, 0.4) is 0 Å². The normalized spacial score (nSPS) is 12.9. The molecule has 3 aromatic rings. The van der Waals surface area contributed by atoms with Crippen molar-refractivity contribution in [2.45, 2.75) is 24.7 Å². The van der Waals surface area contributed by atoms with Gasteiger partial charge in [0.2, 0.25) is 12.4 Å². The lowest BCUT2D eigenvalue weighted by Crippen LogP contribution is -2.12. The van der Waals surface area contributed by atoms with Crippen molar-refractivity contribution in [2.24, 2.45) is 0 Å². The molecule has 2 aromatic carbocycles. The summed E-state index contributed by atoms with van der Waals surface area (Å²) in [6.45, 7) is 1.77. The summed E-state index contributed by atoms with van der Waals surface area (Å²) >= 11 is 8.24. The first kappa shape index (κ1) is 19.0. The molecule has 1 aromatic heterocycles. The van der Waals surface area contributed by atoms with Crippen LogP contribution in [-0.4, -0.2) is 28.7 Å². The van der Waals surface area contributed by atoms with Crippen LogP contribution < -0.4 is 11.1 Å². The molecule has 0 unspecified atom stereocenters. The lowest BCUT2D eigenvalue weighted by atomic mass is 9.93. The fourth-order valence-corrected chi connectivity index (χ4v) is 4.61. The van der Waals surface area contributed by atoms with E-state index in [1.54, 1.807) is 11.8 Å². The monoisotopic (exact) mass is 414 g/mol. The van der Waals surface area contributed by atoms with Gasteiger partial charge < -0.3 is 15.8 Å². The van der Waals surface area contributed by atoms with E-state index in [4.69, 9.17) is 22.1 Å². The number of rotatable bonds is 7. The van der Waals surface area contributed by atoms with Crippen LogP contribution in [0.25, 0.3) is 22.0 Å². The summed E-state index contributed by atoms with van der Waals surface area (Å²) in [6.07, 6.45) is 1.54. The minimum Gasteiger partial charge on any atom is -0.372 e. The van der Waals surface area contributed by atoms with Gasteiger partial charge in [-0.1, -0.05) is 29.8 Å². The standard InChI is InChI=1S/C20H19ClN4O2S/c21-15-7-13-10-27-9-12-3-1-4-14(18(12)13)19(15)16-8-17(25-20(22)24-16)28-6-2-5-23-11-26/h1,3-4,7-8,11H,2,5-6,9-10H2,(H,23,26)(H2,22,24,25). The summed E-state index contributed by atoms with van der Waals surface area (Å²) in [6, 6.07) is 10.0. The second-order valence-electron chi connectivity index (χ2n) is 6.45. The van der Waals surface area contributed by atoms with Crippen LogP contribution in [0.15, 0.2) is 35.4 Å². The molecule has 0 saturated heterocycles. The van der Waals surface area contributed by atoms with E-state index in [-0.39, 0.29) is 5.95 Å². The maximum absolute atomic E-state index is 10.3. The first-order valence-electron chi connectivity index (χ1n) is 8.93. The van der Waals surface area contributed by atoms with Crippen molar-refractivity contribution in [1.82, 2.24) is 15.3 Å². The Bertz CT molecular complexity index is 1040. The van der Waals surface area contributed by atoms with Crippen molar-refractivity contribution < 1.29 is 9.53 Å². The number of thioether (sulfide) groups is 1. The molecule has 6 nitrogen and oxygen atoms in total. The van der Waals surface area contributed by atoms with Gasteiger partial charge in [-0.2, -0.15) is 0 Å². The van der Waals surface area contributed by atoms with E-state index in [9.17, 15) is 4.79 Å². The average Bonchev–Trinajstić information content (AvgIpc) is 2.68. The zero-order chi connectivity index (χ0) is 19.5. The summed E-state index contributed by atoms with van der Waals surface area (Å²) < 4.78 is 5.66. The Morgan fingerprint density at radius 2 is 2.11 bits per heavy atom. The number of halogens is 1. The number of amides is 1. The lowest BCUT2D eigenvalue weighted by molar-refractivity contribution is -0.109. The number of benzene rings is 2. The zero-order valence-corrected chi connectivity index (χ0v) is 16.6. The van der Waals surface area contributed by atoms with E-state index in [0.717, 1.165) is 39.3 Å². The molecule has 4 rings (SSSR count). The number of nitrogen functional groups attached to an aromatic ring is 1. The number of hydrogen-bond donors (Lipinski definition) is 2. The van der Waals surface area contributed by atoms with Gasteiger partial charge in [0.15, 0.2) is 0 Å². The molecule has 0 saturated carbocycles. The number of anilines is 1. The topological polar surface area (TPSA) is 90.1 Å². The number of carbonyl (C=O) groups is 1. The molecule has 0 bridgehead atoms. The molecule has 0 aliphatic carbocycles. The van der Waals surface area contributed by atoms with Crippen LogP contribution in [0.5, 0.6) is 0 Å². The number of carbonyl (C=O) groups excluding carboxylic acids is 1. The smallest absolute Gasteiger partial charge is 0.221 e. The summed E-state index contributed by atoms with van der Waals surface area (Å²) in [5.74, 6) is 1.02. The third-order valence-electron chi connectivity index (χ3n) is 4.57. The molecule has 0 spiro atoms. The van der Waals surface area contributed by atoms with Crippen molar-refractivity contribution in [3.8, 4) is 11.3 Å². The maximum atomic E-state index is 10.3. The predicted octanol–water partition coefficient (Wildman–Crippen LogP) is 3.79. The Kier molecular flexibility index (Phi) is 5.66. The van der Waals surface area contributed by atoms with Crippen LogP contribution in [0, 0.1) is 0 Å². The van der Waals surface area contributed by atoms with Crippen LogP contribution in [0.1, 0.15) is 17.5 Å². The van der Waals surface area contributed by atoms with Crippen molar-refractivity contribution in [1.29, 1.82) is 0 Å². The molecule has 1 amide bonds. The van der Waals surface area contributed by atoms with Crippen LogP contribution >= 0.6 is 23.4 Å². The molecule has 1 aliphatic rings. The predicted molar refractivity (Wildman–Crippen MR) is 112 cm³/mol. The SMILES string of the molecule is Nc1nc(SCCCNC=O)cc(-c2c(Cl)cc3c4c(cccc24)COC3)n1. The molecule has 3 N–H and O–H groups in total. The minimum atomic E-state index is 0.214. The van der Waals surface area contributed by atoms with Gasteiger partial charge in [-0.15, -0.1) is 11.8 Å². The largest absolute Gasteiger partial charge is 0.372 e. The molecule has 0 atom stereocenters. The molecule has 1 aliphatic heterocycles. The number of nitrogens with one attached hydrogen (secondary N) is 1. The van der Waals surface area contributed by atoms with E-state index in [1.165, 1.54) is 5.39 Å². The molecular weight excluding hydrogens is 396 g/mol. The molecule has 28 heavy (non-hydrogen) atoms. The van der Waals surface area contributed by atoms with Gasteiger partial charge in [-0.25, -0.2) is 9.97 Å². The molecule has 8 heteroatoms. The molecule has 2 heterocycles. The highest BCUT2D eigenvalue weighted by Crippen LogP contribution is 2.40. The van der Waals surface area contributed by atoms with E-state index in [0.29, 0.717) is 36.9 Å². The number of ether oxygens (including phenoxy) is 1. The summed E-state index contributed by atoms with van der Waals surface area (Å²) in [5.41, 5.74) is 9.79. The van der Waals surface area contributed by atoms with Gasteiger partial charge in [-0.05, 0) is 40.5 Å². The highest BCUT2D eigenvalue weighted by atomic mass is 35.5. The number of hydrogen-bond acceptors (Lipinski definition) is 6. The molecular formula is C20H19ClN4O2S. The summed E-state index contributed by atoms with van der Waals surface area (Å²) in [5, 5.41) is 6.29. The molecule has 0 radical (unpaired) electrons. The van der Waals surface area contributed by atoms with Crippen molar-refractivity contribution in [2.75, 3.05) is 18.0 Å². The highest BCUT2D eigenvalue weighted by Gasteiger charge is 2.20. The fourth-order valence-electron chi connectivity index (χ4n) is 3.43. The van der Waals surface area contributed by atoms with E-state index < -0.39 is 0 Å².